The molecule has 0 aliphatic carbocycles. The van der Waals surface area contributed by atoms with Crippen LogP contribution in [0, 0.1) is 24.0 Å². The largest absolute Gasteiger partial charge is 0.497 e. The zero-order valence-electron chi connectivity index (χ0n) is 22.1. The molecule has 0 aliphatic rings. The number of nitrogens with zero attached hydrogens (tertiary/aromatic N) is 4. The predicted molar refractivity (Wildman–Crippen MR) is 154 cm³/mol. The first-order valence-corrected chi connectivity index (χ1v) is 14.0. The molecule has 0 bridgehead atoms. The van der Waals surface area contributed by atoms with Gasteiger partial charge in [0.1, 0.15) is 23.4 Å². The average molecular weight is 614 g/mol. The molecule has 0 radical (unpaired) electrons. The lowest BCUT2D eigenvalue weighted by atomic mass is 10.1. The molecule has 0 saturated carbocycles. The quantitative estimate of drug-likeness (QED) is 0.0984. The van der Waals surface area contributed by atoms with Gasteiger partial charge in [-0.05, 0) is 84.2 Å². The smallest absolute Gasteiger partial charge is 0.220 e. The summed E-state index contributed by atoms with van der Waals surface area (Å²) in [6, 6.07) is 19.2. The molecule has 39 heavy (non-hydrogen) atoms. The number of aryl methyl sites for hydroxylation is 2. The van der Waals surface area contributed by atoms with Gasteiger partial charge in [0.2, 0.25) is 6.54 Å². The molecule has 1 aromatic heterocycles. The van der Waals surface area contributed by atoms with Crippen molar-refractivity contribution < 1.29 is 19.1 Å². The van der Waals surface area contributed by atoms with E-state index in [1.165, 1.54) is 17.3 Å². The Kier molecular flexibility index (Phi) is 9.47. The molecule has 0 amide bonds. The molecule has 204 valence electrons. The predicted octanol–water partition coefficient (Wildman–Crippen LogP) is 6.74. The van der Waals surface area contributed by atoms with E-state index in [1.807, 2.05) is 79.9 Å². The number of benzene rings is 3. The minimum absolute atomic E-state index is 0.319. The highest BCUT2D eigenvalue weighted by Crippen LogP contribution is 2.43. The maximum Gasteiger partial charge on any atom is 0.220 e. The first-order valence-electron chi connectivity index (χ1n) is 12.3. The SMILES string of the molecule is CCOc1cc([C@@H](C[N+](=O)[O-])Sc2nnc(C)n2-c2ccc(OC)cc2)cc(Br)c1OCc1ccc(C)cc1. The Bertz CT molecular complexity index is 1430. The van der Waals surface area contributed by atoms with E-state index in [9.17, 15) is 10.1 Å². The maximum atomic E-state index is 11.7. The van der Waals surface area contributed by atoms with Crippen LogP contribution in [0.1, 0.15) is 34.7 Å². The first-order chi connectivity index (χ1) is 18.8. The van der Waals surface area contributed by atoms with Crippen molar-refractivity contribution in [1.29, 1.82) is 0 Å². The van der Waals surface area contributed by atoms with Crippen molar-refractivity contribution in [3.05, 3.63) is 97.8 Å². The molecule has 0 N–H and O–H groups in total. The van der Waals surface area contributed by atoms with Crippen molar-refractivity contribution in [3.63, 3.8) is 0 Å². The van der Waals surface area contributed by atoms with Crippen LogP contribution in [0.4, 0.5) is 0 Å². The van der Waals surface area contributed by atoms with Crippen LogP contribution in [-0.2, 0) is 6.61 Å². The van der Waals surface area contributed by atoms with Gasteiger partial charge in [0.15, 0.2) is 16.7 Å². The Labute approximate surface area is 239 Å². The van der Waals surface area contributed by atoms with E-state index >= 15 is 0 Å². The molecule has 0 spiro atoms. The average Bonchev–Trinajstić information content (AvgIpc) is 3.28. The number of rotatable bonds is 12. The lowest BCUT2D eigenvalue weighted by molar-refractivity contribution is -0.479. The van der Waals surface area contributed by atoms with Crippen LogP contribution in [-0.4, -0.2) is 39.9 Å². The second kappa shape index (κ2) is 13.0. The summed E-state index contributed by atoms with van der Waals surface area (Å²) in [7, 11) is 1.61. The number of halogens is 1. The fraction of sp³-hybridized carbons (Fsp3) is 0.286. The fourth-order valence-electron chi connectivity index (χ4n) is 3.94. The van der Waals surface area contributed by atoms with Crippen molar-refractivity contribution in [2.75, 3.05) is 20.3 Å². The Balaban J connectivity index is 1.66. The molecule has 3 aromatic carbocycles. The third-order valence-electron chi connectivity index (χ3n) is 5.90. The topological polar surface area (TPSA) is 102 Å². The molecule has 0 saturated heterocycles. The molecule has 4 rings (SSSR count). The molecule has 0 unspecified atom stereocenters. The van der Waals surface area contributed by atoms with Gasteiger partial charge in [-0.15, -0.1) is 10.2 Å². The lowest BCUT2D eigenvalue weighted by Crippen LogP contribution is -2.12. The number of methoxy groups -OCH3 is 1. The summed E-state index contributed by atoms with van der Waals surface area (Å²) in [6.45, 7) is 6.21. The number of nitro groups is 1. The maximum absolute atomic E-state index is 11.7. The summed E-state index contributed by atoms with van der Waals surface area (Å²) in [5.41, 5.74) is 3.73. The van der Waals surface area contributed by atoms with E-state index in [4.69, 9.17) is 14.2 Å². The van der Waals surface area contributed by atoms with Crippen LogP contribution in [0.25, 0.3) is 5.69 Å². The summed E-state index contributed by atoms with van der Waals surface area (Å²) in [5, 5.41) is 20.3. The van der Waals surface area contributed by atoms with Crippen molar-refractivity contribution in [2.24, 2.45) is 0 Å². The minimum Gasteiger partial charge on any atom is -0.497 e. The van der Waals surface area contributed by atoms with Crippen molar-refractivity contribution in [1.82, 2.24) is 14.8 Å². The second-order valence-electron chi connectivity index (χ2n) is 8.72. The first kappa shape index (κ1) is 28.4. The zero-order valence-corrected chi connectivity index (χ0v) is 24.5. The van der Waals surface area contributed by atoms with E-state index in [0.29, 0.717) is 45.7 Å². The second-order valence-corrected chi connectivity index (χ2v) is 10.7. The molecular formula is C28H29BrN4O5S. The number of ether oxygens (including phenoxy) is 3. The third-order valence-corrected chi connectivity index (χ3v) is 7.67. The van der Waals surface area contributed by atoms with E-state index in [1.54, 1.807) is 13.2 Å². The van der Waals surface area contributed by atoms with Crippen LogP contribution in [0.5, 0.6) is 17.2 Å². The normalized spacial score (nSPS) is 11.7. The van der Waals surface area contributed by atoms with Crippen molar-refractivity contribution >= 4 is 27.7 Å². The summed E-state index contributed by atoms with van der Waals surface area (Å²) in [5.74, 6) is 2.44. The Morgan fingerprint density at radius 1 is 1.05 bits per heavy atom. The molecule has 1 atom stereocenters. The van der Waals surface area contributed by atoms with Gasteiger partial charge in [-0.2, -0.15) is 0 Å². The highest BCUT2D eigenvalue weighted by Gasteiger charge is 2.26. The number of hydrogen-bond donors (Lipinski definition) is 0. The molecule has 1 heterocycles. The Morgan fingerprint density at radius 3 is 2.41 bits per heavy atom. The monoisotopic (exact) mass is 612 g/mol. The molecule has 9 nitrogen and oxygen atoms in total. The lowest BCUT2D eigenvalue weighted by Gasteiger charge is -2.19. The van der Waals surface area contributed by atoms with Gasteiger partial charge in [-0.1, -0.05) is 41.6 Å². The number of hydrogen-bond acceptors (Lipinski definition) is 8. The molecule has 0 fully saturated rings. The summed E-state index contributed by atoms with van der Waals surface area (Å²) < 4.78 is 19.8. The summed E-state index contributed by atoms with van der Waals surface area (Å²) >= 11 is 4.89. The van der Waals surface area contributed by atoms with Gasteiger partial charge in [0, 0.05) is 10.6 Å². The van der Waals surface area contributed by atoms with Crippen LogP contribution < -0.4 is 14.2 Å². The van der Waals surface area contributed by atoms with Gasteiger partial charge < -0.3 is 14.2 Å². The van der Waals surface area contributed by atoms with E-state index in [0.717, 1.165) is 17.0 Å². The van der Waals surface area contributed by atoms with Gasteiger partial charge in [0.25, 0.3) is 0 Å². The highest BCUT2D eigenvalue weighted by molar-refractivity contribution is 9.10. The van der Waals surface area contributed by atoms with E-state index in [-0.39, 0.29) is 11.5 Å². The highest BCUT2D eigenvalue weighted by atomic mass is 79.9. The van der Waals surface area contributed by atoms with Crippen LogP contribution in [0.15, 0.2) is 70.3 Å². The van der Waals surface area contributed by atoms with Gasteiger partial charge in [-0.3, -0.25) is 14.7 Å². The summed E-state index contributed by atoms with van der Waals surface area (Å²) in [6.07, 6.45) is 0. The molecule has 4 aromatic rings. The van der Waals surface area contributed by atoms with Gasteiger partial charge in [-0.25, -0.2) is 0 Å². The van der Waals surface area contributed by atoms with E-state index in [2.05, 4.69) is 26.1 Å². The summed E-state index contributed by atoms with van der Waals surface area (Å²) in [4.78, 5) is 11.4. The molecular weight excluding hydrogens is 584 g/mol. The van der Waals surface area contributed by atoms with Crippen molar-refractivity contribution in [2.45, 2.75) is 37.8 Å². The van der Waals surface area contributed by atoms with Gasteiger partial charge >= 0.3 is 0 Å². The number of thioether (sulfide) groups is 1. The third kappa shape index (κ3) is 7.10. The van der Waals surface area contributed by atoms with E-state index < -0.39 is 5.25 Å². The van der Waals surface area contributed by atoms with Gasteiger partial charge in [0.05, 0.1) is 18.2 Å². The Hall–Kier alpha value is -3.57. The minimum atomic E-state index is -0.567. The molecule has 11 heteroatoms. The Morgan fingerprint density at radius 2 is 1.77 bits per heavy atom. The molecule has 0 aliphatic heterocycles. The fourth-order valence-corrected chi connectivity index (χ4v) is 5.67. The zero-order chi connectivity index (χ0) is 27.9. The van der Waals surface area contributed by atoms with Crippen LogP contribution >= 0.6 is 27.7 Å². The number of aromatic nitrogens is 3. The van der Waals surface area contributed by atoms with Crippen LogP contribution in [0.2, 0.25) is 0 Å². The standard InChI is InChI=1S/C28H29BrN4O5S/c1-5-37-25-15-21(14-24(29)27(25)38-17-20-8-6-18(2)7-9-20)26(16-32(34)35)39-28-31-30-19(3)33(28)22-10-12-23(36-4)13-11-22/h6-15,26H,5,16-17H2,1-4H3/t26-/m1/s1. The van der Waals surface area contributed by atoms with Crippen LogP contribution in [0.3, 0.4) is 0 Å². The van der Waals surface area contributed by atoms with Crippen molar-refractivity contribution in [3.8, 4) is 22.9 Å².